The molecule has 58 valence electrons. The van der Waals surface area contributed by atoms with E-state index in [0.29, 0.717) is 5.25 Å². The highest BCUT2D eigenvalue weighted by molar-refractivity contribution is 8.09. The van der Waals surface area contributed by atoms with Gasteiger partial charge in [-0.15, -0.1) is 34.9 Å². The first-order chi connectivity index (χ1) is 5.47. The van der Waals surface area contributed by atoms with Gasteiger partial charge in [-0.25, -0.2) is 0 Å². The Labute approximate surface area is 79.1 Å². The van der Waals surface area contributed by atoms with Crippen molar-refractivity contribution in [3.8, 4) is 0 Å². The van der Waals surface area contributed by atoms with Crippen LogP contribution >= 0.6 is 34.9 Å². The Kier molecular flexibility index (Phi) is 2.61. The van der Waals surface area contributed by atoms with Gasteiger partial charge in [0.05, 0.1) is 5.25 Å². The molecular formula is C8H8S3. The third-order valence-electron chi connectivity index (χ3n) is 1.50. The molecule has 1 aliphatic rings. The Morgan fingerprint density at radius 1 is 1.36 bits per heavy atom. The highest BCUT2D eigenvalue weighted by Gasteiger charge is 2.13. The second-order valence-electron chi connectivity index (χ2n) is 2.25. The maximum absolute atomic E-state index is 2.22. The zero-order valence-electron chi connectivity index (χ0n) is 5.90. The smallest absolute Gasteiger partial charge is 0.0526 e. The second kappa shape index (κ2) is 3.70. The fourth-order valence-corrected chi connectivity index (χ4v) is 4.11. The van der Waals surface area contributed by atoms with Crippen LogP contribution in [0.3, 0.4) is 0 Å². The van der Waals surface area contributed by atoms with Crippen molar-refractivity contribution < 1.29 is 0 Å². The Hall–Kier alpha value is 0.140. The molecular weight excluding hydrogens is 192 g/mol. The largest absolute Gasteiger partial charge is 0.148 e. The summed E-state index contributed by atoms with van der Waals surface area (Å²) in [6.07, 6.45) is 0. The quantitative estimate of drug-likeness (QED) is 0.677. The van der Waals surface area contributed by atoms with Gasteiger partial charge in [-0.3, -0.25) is 0 Å². The molecule has 0 radical (unpaired) electrons. The first-order valence-corrected chi connectivity index (χ1v) is 6.29. The summed E-state index contributed by atoms with van der Waals surface area (Å²) in [5, 5.41) is 7.22. The van der Waals surface area contributed by atoms with Gasteiger partial charge in [-0.05, 0) is 22.3 Å². The molecule has 1 aromatic heterocycles. The molecule has 3 heteroatoms. The van der Waals surface area contributed by atoms with Gasteiger partial charge in [0.15, 0.2) is 0 Å². The second-order valence-corrected chi connectivity index (χ2v) is 5.28. The van der Waals surface area contributed by atoms with E-state index in [1.165, 1.54) is 10.6 Å². The highest BCUT2D eigenvalue weighted by Crippen LogP contribution is 2.39. The Balaban J connectivity index is 2.11. The van der Waals surface area contributed by atoms with Crippen LogP contribution in [0.1, 0.15) is 10.1 Å². The molecule has 1 aliphatic heterocycles. The van der Waals surface area contributed by atoms with Crippen LogP contribution in [0.25, 0.3) is 0 Å². The van der Waals surface area contributed by atoms with Gasteiger partial charge >= 0.3 is 0 Å². The molecule has 0 aliphatic carbocycles. The number of hydrogen-bond donors (Lipinski definition) is 0. The van der Waals surface area contributed by atoms with Gasteiger partial charge in [0.2, 0.25) is 0 Å². The molecule has 2 heterocycles. The number of thioether (sulfide) groups is 2. The van der Waals surface area contributed by atoms with Gasteiger partial charge in [0.25, 0.3) is 0 Å². The monoisotopic (exact) mass is 200 g/mol. The van der Waals surface area contributed by atoms with E-state index < -0.39 is 0 Å². The molecule has 0 nitrogen and oxygen atoms in total. The van der Waals surface area contributed by atoms with Crippen LogP contribution in [0.15, 0.2) is 28.3 Å². The molecule has 0 amide bonds. The van der Waals surface area contributed by atoms with Gasteiger partial charge in [-0.1, -0.05) is 6.07 Å². The summed E-state index contributed by atoms with van der Waals surface area (Å²) in [6, 6.07) is 4.35. The summed E-state index contributed by atoms with van der Waals surface area (Å²) in [5.41, 5.74) is 0. The van der Waals surface area contributed by atoms with Gasteiger partial charge in [0.1, 0.15) is 0 Å². The zero-order valence-corrected chi connectivity index (χ0v) is 8.35. The predicted molar refractivity (Wildman–Crippen MR) is 56.2 cm³/mol. The molecule has 0 spiro atoms. The molecule has 0 N–H and O–H groups in total. The number of thiophene rings is 1. The Morgan fingerprint density at radius 3 is 3.00 bits per heavy atom. The van der Waals surface area contributed by atoms with Crippen molar-refractivity contribution in [2.75, 3.05) is 5.75 Å². The first kappa shape index (κ1) is 7.77. The van der Waals surface area contributed by atoms with E-state index >= 15 is 0 Å². The van der Waals surface area contributed by atoms with Crippen molar-refractivity contribution in [2.45, 2.75) is 5.25 Å². The summed E-state index contributed by atoms with van der Waals surface area (Å²) in [5.74, 6) is 1.22. The molecule has 0 saturated heterocycles. The minimum absolute atomic E-state index is 0.699. The molecule has 1 atom stereocenters. The van der Waals surface area contributed by atoms with Crippen molar-refractivity contribution in [1.82, 2.24) is 0 Å². The van der Waals surface area contributed by atoms with Crippen LogP contribution in [0, 0.1) is 0 Å². The summed E-state index contributed by atoms with van der Waals surface area (Å²) in [6.45, 7) is 0. The fraction of sp³-hybridized carbons (Fsp3) is 0.250. The maximum Gasteiger partial charge on any atom is 0.0526 e. The highest BCUT2D eigenvalue weighted by atomic mass is 32.2. The first-order valence-electron chi connectivity index (χ1n) is 3.42. The van der Waals surface area contributed by atoms with Crippen LogP contribution in [0.2, 0.25) is 0 Å². The van der Waals surface area contributed by atoms with E-state index in [4.69, 9.17) is 0 Å². The minimum Gasteiger partial charge on any atom is -0.148 e. The van der Waals surface area contributed by atoms with Crippen LogP contribution in [0.4, 0.5) is 0 Å². The summed E-state index contributed by atoms with van der Waals surface area (Å²) >= 11 is 5.70. The molecule has 11 heavy (non-hydrogen) atoms. The average molecular weight is 200 g/mol. The van der Waals surface area contributed by atoms with Gasteiger partial charge in [0, 0.05) is 10.6 Å². The lowest BCUT2D eigenvalue weighted by Crippen LogP contribution is -1.94. The topological polar surface area (TPSA) is 0 Å². The number of rotatable bonds is 1. The molecule has 1 aromatic rings. The van der Waals surface area contributed by atoms with Crippen LogP contribution in [0.5, 0.6) is 0 Å². The summed E-state index contributed by atoms with van der Waals surface area (Å²) in [7, 11) is 0. The average Bonchev–Trinajstić information content (AvgIpc) is 2.58. The molecule has 0 bridgehead atoms. The van der Waals surface area contributed by atoms with Crippen molar-refractivity contribution in [3.05, 3.63) is 33.2 Å². The normalized spacial score (nSPS) is 23.8. The van der Waals surface area contributed by atoms with Crippen LogP contribution in [-0.4, -0.2) is 5.75 Å². The van der Waals surface area contributed by atoms with Gasteiger partial charge in [-0.2, -0.15) is 0 Å². The third kappa shape index (κ3) is 1.83. The minimum atomic E-state index is 0.699. The van der Waals surface area contributed by atoms with E-state index in [-0.39, 0.29) is 0 Å². The van der Waals surface area contributed by atoms with E-state index in [9.17, 15) is 0 Å². The summed E-state index contributed by atoms with van der Waals surface area (Å²) < 4.78 is 0. The van der Waals surface area contributed by atoms with E-state index in [1.54, 1.807) is 0 Å². The van der Waals surface area contributed by atoms with E-state index in [0.717, 1.165) is 0 Å². The standard InChI is InChI=1S/C8H8S3/c1-2-7(10-3-1)8-6-9-4-5-11-8/h1-5,8H,6H2. The maximum atomic E-state index is 2.22. The lowest BCUT2D eigenvalue weighted by atomic mass is 10.4. The predicted octanol–water partition coefficient (Wildman–Crippen LogP) is 3.74. The molecule has 0 aromatic carbocycles. The van der Waals surface area contributed by atoms with Crippen molar-refractivity contribution >= 4 is 34.9 Å². The van der Waals surface area contributed by atoms with Crippen LogP contribution < -0.4 is 0 Å². The number of hydrogen-bond acceptors (Lipinski definition) is 3. The molecule has 2 rings (SSSR count). The Bertz CT molecular complexity index is 238. The van der Waals surface area contributed by atoms with E-state index in [2.05, 4.69) is 28.3 Å². The molecule has 1 unspecified atom stereocenters. The van der Waals surface area contributed by atoms with E-state index in [1.807, 2.05) is 34.9 Å². The van der Waals surface area contributed by atoms with Crippen molar-refractivity contribution in [2.24, 2.45) is 0 Å². The van der Waals surface area contributed by atoms with Crippen molar-refractivity contribution in [3.63, 3.8) is 0 Å². The third-order valence-corrected chi connectivity index (χ3v) is 4.92. The SMILES string of the molecule is C1=CSC(c2cccs2)CS1. The molecule has 0 saturated carbocycles. The summed E-state index contributed by atoms with van der Waals surface area (Å²) in [4.78, 5) is 1.51. The van der Waals surface area contributed by atoms with Crippen LogP contribution in [-0.2, 0) is 0 Å². The molecule has 0 fully saturated rings. The lowest BCUT2D eigenvalue weighted by Gasteiger charge is -2.14. The zero-order chi connectivity index (χ0) is 7.52. The van der Waals surface area contributed by atoms with Gasteiger partial charge < -0.3 is 0 Å². The Morgan fingerprint density at radius 2 is 2.36 bits per heavy atom. The lowest BCUT2D eigenvalue weighted by molar-refractivity contribution is 1.17. The van der Waals surface area contributed by atoms with Crippen molar-refractivity contribution in [1.29, 1.82) is 0 Å². The fourth-order valence-electron chi connectivity index (χ4n) is 0.972.